The predicted molar refractivity (Wildman–Crippen MR) is 51.1 cm³/mol. The molecule has 7 heteroatoms. The zero-order valence-electron chi connectivity index (χ0n) is 8.48. The molecule has 0 aliphatic heterocycles. The summed E-state index contributed by atoms with van der Waals surface area (Å²) in [7, 11) is 0. The molecule has 0 bridgehead atoms. The molecule has 1 atom stereocenters. The molecule has 0 aromatic heterocycles. The van der Waals surface area contributed by atoms with Gasteiger partial charge in [-0.2, -0.15) is 0 Å². The van der Waals surface area contributed by atoms with Crippen LogP contribution in [0.25, 0.3) is 0 Å². The molecule has 15 heavy (non-hydrogen) atoms. The Kier molecular flexibility index (Phi) is 9.33. The summed E-state index contributed by atoms with van der Waals surface area (Å²) in [5.41, 5.74) is 4.33. The lowest BCUT2D eigenvalue weighted by molar-refractivity contribution is -0.280. The predicted octanol–water partition coefficient (Wildman–Crippen LogP) is 0.363. The Labute approximate surface area is 87.9 Å². The van der Waals surface area contributed by atoms with Crippen molar-refractivity contribution in [3.05, 3.63) is 0 Å². The standard InChI is InChI=1S/C8H18N2O5/c11-8(12)6-7(15-14)4-2-1-3-5-9-10-13/h7,9-10,13-14H,1-6H2,(H,11,12). The van der Waals surface area contributed by atoms with Crippen LogP contribution in [0.15, 0.2) is 0 Å². The molecule has 0 amide bonds. The minimum atomic E-state index is -0.986. The van der Waals surface area contributed by atoms with E-state index in [0.29, 0.717) is 13.0 Å². The lowest BCUT2D eigenvalue weighted by Crippen LogP contribution is -2.28. The second kappa shape index (κ2) is 9.81. The van der Waals surface area contributed by atoms with Crippen molar-refractivity contribution in [3.8, 4) is 0 Å². The Hall–Kier alpha value is -0.730. The van der Waals surface area contributed by atoms with E-state index in [1.165, 1.54) is 0 Å². The van der Waals surface area contributed by atoms with Crippen LogP contribution in [0.2, 0.25) is 0 Å². The molecule has 0 spiro atoms. The highest BCUT2D eigenvalue weighted by atomic mass is 17.1. The van der Waals surface area contributed by atoms with Crippen molar-refractivity contribution in [1.82, 2.24) is 11.0 Å². The number of hydrazine groups is 1. The molecule has 7 nitrogen and oxygen atoms in total. The van der Waals surface area contributed by atoms with Crippen LogP contribution in [0.3, 0.4) is 0 Å². The monoisotopic (exact) mass is 222 g/mol. The fraction of sp³-hybridized carbons (Fsp3) is 0.875. The summed E-state index contributed by atoms with van der Waals surface area (Å²) in [6.07, 6.45) is 2.17. The van der Waals surface area contributed by atoms with Gasteiger partial charge < -0.3 is 10.3 Å². The Balaban J connectivity index is 3.34. The maximum Gasteiger partial charge on any atom is 0.306 e. The third kappa shape index (κ3) is 9.57. The van der Waals surface area contributed by atoms with E-state index in [-0.39, 0.29) is 6.42 Å². The van der Waals surface area contributed by atoms with E-state index in [1.807, 2.05) is 5.59 Å². The quantitative estimate of drug-likeness (QED) is 0.206. The van der Waals surface area contributed by atoms with Crippen molar-refractivity contribution in [3.63, 3.8) is 0 Å². The van der Waals surface area contributed by atoms with Gasteiger partial charge in [0, 0.05) is 6.54 Å². The zero-order valence-corrected chi connectivity index (χ0v) is 8.48. The molecule has 0 radical (unpaired) electrons. The number of carboxylic acids is 1. The summed E-state index contributed by atoms with van der Waals surface area (Å²) < 4.78 is 0. The summed E-state index contributed by atoms with van der Waals surface area (Å²) in [5, 5.41) is 25.0. The lowest BCUT2D eigenvalue weighted by atomic mass is 10.1. The van der Waals surface area contributed by atoms with Crippen LogP contribution in [-0.4, -0.2) is 34.2 Å². The molecule has 0 heterocycles. The summed E-state index contributed by atoms with van der Waals surface area (Å²) in [4.78, 5) is 14.3. The van der Waals surface area contributed by atoms with E-state index in [0.717, 1.165) is 19.3 Å². The fourth-order valence-corrected chi connectivity index (χ4v) is 1.20. The Morgan fingerprint density at radius 3 is 2.60 bits per heavy atom. The van der Waals surface area contributed by atoms with E-state index in [1.54, 1.807) is 0 Å². The Bertz CT molecular complexity index is 167. The van der Waals surface area contributed by atoms with Crippen molar-refractivity contribution in [2.75, 3.05) is 6.54 Å². The van der Waals surface area contributed by atoms with E-state index < -0.39 is 12.1 Å². The number of carbonyl (C=O) groups is 1. The second-order valence-electron chi connectivity index (χ2n) is 3.21. The van der Waals surface area contributed by atoms with Crippen LogP contribution >= 0.6 is 0 Å². The minimum Gasteiger partial charge on any atom is -0.481 e. The van der Waals surface area contributed by atoms with Gasteiger partial charge in [0.1, 0.15) is 6.10 Å². The summed E-state index contributed by atoms with van der Waals surface area (Å²) in [6, 6.07) is 0. The number of unbranched alkanes of at least 4 members (excludes halogenated alkanes) is 2. The first kappa shape index (κ1) is 14.3. The topological polar surface area (TPSA) is 111 Å². The Morgan fingerprint density at radius 1 is 1.33 bits per heavy atom. The molecule has 0 saturated carbocycles. The molecule has 0 saturated heterocycles. The van der Waals surface area contributed by atoms with E-state index in [2.05, 4.69) is 10.3 Å². The van der Waals surface area contributed by atoms with Gasteiger partial charge in [-0.05, 0) is 12.8 Å². The average Bonchev–Trinajstić information content (AvgIpc) is 2.20. The highest BCUT2D eigenvalue weighted by Gasteiger charge is 2.12. The molecule has 0 fully saturated rings. The maximum absolute atomic E-state index is 10.3. The average molecular weight is 222 g/mol. The van der Waals surface area contributed by atoms with Gasteiger partial charge in [0.15, 0.2) is 0 Å². The first-order valence-corrected chi connectivity index (χ1v) is 4.84. The first-order chi connectivity index (χ1) is 7.20. The van der Waals surface area contributed by atoms with Crippen LogP contribution in [0.1, 0.15) is 32.1 Å². The summed E-state index contributed by atoms with van der Waals surface area (Å²) in [5.74, 6) is -0.986. The minimum absolute atomic E-state index is 0.188. The summed E-state index contributed by atoms with van der Waals surface area (Å²) in [6.45, 7) is 0.625. The molecule has 1 unspecified atom stereocenters. The normalized spacial score (nSPS) is 12.7. The van der Waals surface area contributed by atoms with Crippen LogP contribution in [0.5, 0.6) is 0 Å². The van der Waals surface area contributed by atoms with Crippen molar-refractivity contribution in [2.45, 2.75) is 38.2 Å². The third-order valence-corrected chi connectivity index (χ3v) is 1.96. The molecule has 0 aliphatic carbocycles. The lowest BCUT2D eigenvalue weighted by Gasteiger charge is -2.10. The number of hydrogen-bond donors (Lipinski definition) is 5. The van der Waals surface area contributed by atoms with Crippen LogP contribution in [-0.2, 0) is 9.68 Å². The second-order valence-corrected chi connectivity index (χ2v) is 3.21. The first-order valence-electron chi connectivity index (χ1n) is 4.84. The molecular weight excluding hydrogens is 204 g/mol. The maximum atomic E-state index is 10.3. The molecule has 90 valence electrons. The highest BCUT2D eigenvalue weighted by molar-refractivity contribution is 5.67. The number of carboxylic acid groups (broad SMARTS) is 1. The molecular formula is C8H18N2O5. The van der Waals surface area contributed by atoms with Gasteiger partial charge >= 0.3 is 5.97 Å². The van der Waals surface area contributed by atoms with E-state index in [4.69, 9.17) is 15.6 Å². The SMILES string of the molecule is O=C(O)CC(CCCCCNNO)OO. The van der Waals surface area contributed by atoms with Crippen LogP contribution in [0.4, 0.5) is 0 Å². The molecule has 0 aliphatic rings. The fourth-order valence-electron chi connectivity index (χ4n) is 1.20. The van der Waals surface area contributed by atoms with Crippen molar-refractivity contribution < 1.29 is 25.3 Å². The van der Waals surface area contributed by atoms with Crippen LogP contribution in [0, 0.1) is 0 Å². The molecule has 5 N–H and O–H groups in total. The van der Waals surface area contributed by atoms with Gasteiger partial charge in [-0.1, -0.05) is 12.8 Å². The number of rotatable bonds is 10. The van der Waals surface area contributed by atoms with Gasteiger partial charge in [-0.25, -0.2) is 10.3 Å². The molecule has 0 aromatic carbocycles. The number of nitrogens with one attached hydrogen (secondary N) is 2. The van der Waals surface area contributed by atoms with Gasteiger partial charge in [0.2, 0.25) is 0 Å². The zero-order chi connectivity index (χ0) is 11.5. The van der Waals surface area contributed by atoms with Gasteiger partial charge in [-0.3, -0.25) is 10.1 Å². The number of hydrogen-bond acceptors (Lipinski definition) is 6. The van der Waals surface area contributed by atoms with Crippen molar-refractivity contribution in [1.29, 1.82) is 0 Å². The summed E-state index contributed by atoms with van der Waals surface area (Å²) >= 11 is 0. The van der Waals surface area contributed by atoms with E-state index >= 15 is 0 Å². The van der Waals surface area contributed by atoms with Gasteiger partial charge in [0.25, 0.3) is 0 Å². The Morgan fingerprint density at radius 2 is 2.07 bits per heavy atom. The number of aliphatic carboxylic acids is 1. The smallest absolute Gasteiger partial charge is 0.306 e. The van der Waals surface area contributed by atoms with Gasteiger partial charge in [-0.15, -0.1) is 5.59 Å². The van der Waals surface area contributed by atoms with Gasteiger partial charge in [0.05, 0.1) is 6.42 Å². The van der Waals surface area contributed by atoms with Crippen molar-refractivity contribution >= 4 is 5.97 Å². The largest absolute Gasteiger partial charge is 0.481 e. The molecule has 0 aromatic rings. The van der Waals surface area contributed by atoms with Crippen molar-refractivity contribution in [2.24, 2.45) is 0 Å². The highest BCUT2D eigenvalue weighted by Crippen LogP contribution is 2.09. The van der Waals surface area contributed by atoms with Crippen LogP contribution < -0.4 is 11.0 Å². The molecule has 0 rings (SSSR count). The third-order valence-electron chi connectivity index (χ3n) is 1.96. The van der Waals surface area contributed by atoms with E-state index in [9.17, 15) is 4.79 Å².